The number of hydrogen-bond donors (Lipinski definition) is 3. The lowest BCUT2D eigenvalue weighted by molar-refractivity contribution is -0.119. The summed E-state index contributed by atoms with van der Waals surface area (Å²) in [5.41, 5.74) is 1.29. The van der Waals surface area contributed by atoms with E-state index in [9.17, 15) is 19.5 Å². The molecule has 1 saturated heterocycles. The van der Waals surface area contributed by atoms with Gasteiger partial charge in [0, 0.05) is 42.9 Å². The smallest absolute Gasteiger partial charge is 0.261 e. The third kappa shape index (κ3) is 5.14. The van der Waals surface area contributed by atoms with E-state index in [1.165, 1.54) is 11.3 Å². The second kappa shape index (κ2) is 10.0. The third-order valence-corrected chi connectivity index (χ3v) is 7.34. The Balaban J connectivity index is 1.41. The molecular formula is C23H26ClN3O4S. The molecule has 32 heavy (non-hydrogen) atoms. The molecule has 2 aliphatic rings. The Morgan fingerprint density at radius 1 is 1.03 bits per heavy atom. The van der Waals surface area contributed by atoms with Crippen LogP contribution in [0.2, 0.25) is 4.34 Å². The van der Waals surface area contributed by atoms with Gasteiger partial charge in [0.1, 0.15) is 0 Å². The Morgan fingerprint density at radius 3 is 2.31 bits per heavy atom. The highest BCUT2D eigenvalue weighted by molar-refractivity contribution is 7.18. The molecule has 0 bridgehead atoms. The van der Waals surface area contributed by atoms with Crippen LogP contribution in [0.25, 0.3) is 0 Å². The number of carbonyl (C=O) groups is 3. The van der Waals surface area contributed by atoms with Crippen molar-refractivity contribution in [2.24, 2.45) is 5.92 Å². The standard InChI is InChI=1S/C23H26ClN3O4S/c24-20-9-8-19(32-20)23(31)26-18-12-14(13-28)11-17(18)25-22(30)15-4-6-16(7-5-15)27-10-2-1-3-21(27)29/h4-9,14,17-18,28H,1-3,10-13H2,(H,25,30)(H,26,31)/t14-,17-,18+/m0/s1. The van der Waals surface area contributed by atoms with E-state index in [0.29, 0.717) is 40.6 Å². The number of hydrogen-bond acceptors (Lipinski definition) is 5. The quantitative estimate of drug-likeness (QED) is 0.597. The number of aliphatic hydroxyl groups excluding tert-OH is 1. The topological polar surface area (TPSA) is 98.7 Å². The van der Waals surface area contributed by atoms with Gasteiger partial charge in [-0.15, -0.1) is 11.3 Å². The molecule has 1 aromatic heterocycles. The van der Waals surface area contributed by atoms with Gasteiger partial charge in [0.05, 0.1) is 9.21 Å². The molecule has 3 atom stereocenters. The zero-order valence-corrected chi connectivity index (χ0v) is 19.1. The SMILES string of the molecule is O=C(N[C@H]1C[C@H](CO)C[C@H]1NC(=O)c1ccc(Cl)s1)c1ccc(N2CCCCC2=O)cc1. The van der Waals surface area contributed by atoms with Gasteiger partial charge in [-0.25, -0.2) is 0 Å². The first-order valence-electron chi connectivity index (χ1n) is 10.8. The minimum Gasteiger partial charge on any atom is -0.396 e. The van der Waals surface area contributed by atoms with Crippen molar-refractivity contribution < 1.29 is 19.5 Å². The van der Waals surface area contributed by atoms with E-state index in [4.69, 9.17) is 11.6 Å². The van der Waals surface area contributed by atoms with Crippen LogP contribution in [0.1, 0.15) is 52.1 Å². The molecule has 7 nitrogen and oxygen atoms in total. The number of rotatable bonds is 6. The molecular weight excluding hydrogens is 450 g/mol. The Bertz CT molecular complexity index is 993. The zero-order chi connectivity index (χ0) is 22.7. The van der Waals surface area contributed by atoms with E-state index >= 15 is 0 Å². The number of benzene rings is 1. The number of amides is 3. The van der Waals surface area contributed by atoms with E-state index in [1.54, 1.807) is 41.3 Å². The first-order chi connectivity index (χ1) is 15.4. The molecule has 0 spiro atoms. The lowest BCUT2D eigenvalue weighted by atomic mass is 10.1. The van der Waals surface area contributed by atoms with E-state index in [2.05, 4.69) is 10.6 Å². The lowest BCUT2D eigenvalue weighted by Crippen LogP contribution is -2.48. The summed E-state index contributed by atoms with van der Waals surface area (Å²) in [7, 11) is 0. The molecule has 0 unspecified atom stereocenters. The first kappa shape index (κ1) is 22.8. The summed E-state index contributed by atoms with van der Waals surface area (Å²) < 4.78 is 0.536. The van der Waals surface area contributed by atoms with Crippen molar-refractivity contribution in [2.45, 2.75) is 44.2 Å². The fourth-order valence-corrected chi connectivity index (χ4v) is 5.36. The van der Waals surface area contributed by atoms with Gasteiger partial charge >= 0.3 is 0 Å². The molecule has 1 aliphatic carbocycles. The molecule has 2 fully saturated rings. The maximum Gasteiger partial charge on any atom is 0.261 e. The second-order valence-electron chi connectivity index (χ2n) is 8.33. The van der Waals surface area contributed by atoms with E-state index in [0.717, 1.165) is 18.5 Å². The number of halogens is 1. The van der Waals surface area contributed by atoms with Crippen molar-refractivity contribution in [3.63, 3.8) is 0 Å². The molecule has 1 aromatic carbocycles. The van der Waals surface area contributed by atoms with Crippen LogP contribution in [-0.2, 0) is 4.79 Å². The molecule has 2 aromatic rings. The number of nitrogens with zero attached hydrogens (tertiary/aromatic N) is 1. The van der Waals surface area contributed by atoms with Crippen LogP contribution in [0.15, 0.2) is 36.4 Å². The van der Waals surface area contributed by atoms with Crippen LogP contribution in [0.5, 0.6) is 0 Å². The molecule has 2 heterocycles. The van der Waals surface area contributed by atoms with Crippen molar-refractivity contribution in [3.05, 3.63) is 51.2 Å². The monoisotopic (exact) mass is 475 g/mol. The second-order valence-corrected chi connectivity index (χ2v) is 10.0. The fourth-order valence-electron chi connectivity index (χ4n) is 4.41. The highest BCUT2D eigenvalue weighted by Crippen LogP contribution is 2.28. The first-order valence-corrected chi connectivity index (χ1v) is 12.0. The van der Waals surface area contributed by atoms with Crippen molar-refractivity contribution in [2.75, 3.05) is 18.1 Å². The summed E-state index contributed by atoms with van der Waals surface area (Å²) in [6, 6.07) is 9.79. The summed E-state index contributed by atoms with van der Waals surface area (Å²) in [4.78, 5) is 39.8. The van der Waals surface area contributed by atoms with Gasteiger partial charge in [-0.1, -0.05) is 11.6 Å². The number of aliphatic hydroxyl groups is 1. The Labute approximate surface area is 195 Å². The Hall–Kier alpha value is -2.42. The predicted octanol–water partition coefficient (Wildman–Crippen LogP) is 3.22. The molecule has 4 rings (SSSR count). The molecule has 0 radical (unpaired) electrons. The largest absolute Gasteiger partial charge is 0.396 e. The van der Waals surface area contributed by atoms with Gasteiger partial charge in [0.25, 0.3) is 11.8 Å². The maximum atomic E-state index is 12.9. The fraction of sp³-hybridized carbons (Fsp3) is 0.435. The van der Waals surface area contributed by atoms with Crippen LogP contribution < -0.4 is 15.5 Å². The average Bonchev–Trinajstić information content (AvgIpc) is 3.40. The van der Waals surface area contributed by atoms with Gasteiger partial charge in [-0.05, 0) is 68.0 Å². The number of nitrogens with one attached hydrogen (secondary N) is 2. The van der Waals surface area contributed by atoms with Crippen LogP contribution in [-0.4, -0.2) is 48.1 Å². The molecule has 1 saturated carbocycles. The highest BCUT2D eigenvalue weighted by Gasteiger charge is 2.36. The molecule has 9 heteroatoms. The Morgan fingerprint density at radius 2 is 1.72 bits per heavy atom. The highest BCUT2D eigenvalue weighted by atomic mass is 35.5. The van der Waals surface area contributed by atoms with Crippen molar-refractivity contribution >= 4 is 46.3 Å². The zero-order valence-electron chi connectivity index (χ0n) is 17.6. The predicted molar refractivity (Wildman–Crippen MR) is 124 cm³/mol. The number of thiophene rings is 1. The van der Waals surface area contributed by atoms with Crippen LogP contribution in [0, 0.1) is 5.92 Å². The van der Waals surface area contributed by atoms with Crippen LogP contribution in [0.3, 0.4) is 0 Å². The normalized spacial score (nSPS) is 23.2. The van der Waals surface area contributed by atoms with Gasteiger partial charge in [0.15, 0.2) is 0 Å². The van der Waals surface area contributed by atoms with Gasteiger partial charge in [0.2, 0.25) is 5.91 Å². The van der Waals surface area contributed by atoms with Gasteiger partial charge < -0.3 is 20.6 Å². The number of carbonyl (C=O) groups excluding carboxylic acids is 3. The van der Waals surface area contributed by atoms with Gasteiger partial charge in [-0.2, -0.15) is 0 Å². The maximum absolute atomic E-state index is 12.9. The Kier molecular flexibility index (Phi) is 7.13. The third-order valence-electron chi connectivity index (χ3n) is 6.11. The summed E-state index contributed by atoms with van der Waals surface area (Å²) >= 11 is 7.13. The molecule has 3 N–H and O–H groups in total. The summed E-state index contributed by atoms with van der Waals surface area (Å²) in [6.07, 6.45) is 3.62. The van der Waals surface area contributed by atoms with E-state index in [1.807, 2.05) is 0 Å². The van der Waals surface area contributed by atoms with Crippen LogP contribution in [0.4, 0.5) is 5.69 Å². The average molecular weight is 476 g/mol. The molecule has 170 valence electrons. The number of piperidine rings is 1. The summed E-state index contributed by atoms with van der Waals surface area (Å²) in [5, 5.41) is 15.6. The van der Waals surface area contributed by atoms with Crippen molar-refractivity contribution in [1.82, 2.24) is 10.6 Å². The summed E-state index contributed by atoms with van der Waals surface area (Å²) in [5.74, 6) is -0.367. The van der Waals surface area contributed by atoms with Gasteiger partial charge in [-0.3, -0.25) is 14.4 Å². The molecule has 1 aliphatic heterocycles. The minimum absolute atomic E-state index is 0.00211. The van der Waals surface area contributed by atoms with E-state index < -0.39 is 0 Å². The van der Waals surface area contributed by atoms with Crippen LogP contribution >= 0.6 is 22.9 Å². The number of anilines is 1. The van der Waals surface area contributed by atoms with Crippen molar-refractivity contribution in [1.29, 1.82) is 0 Å². The van der Waals surface area contributed by atoms with E-state index in [-0.39, 0.29) is 42.3 Å². The van der Waals surface area contributed by atoms with Crippen molar-refractivity contribution in [3.8, 4) is 0 Å². The molecule has 3 amide bonds. The minimum atomic E-state index is -0.289. The summed E-state index contributed by atoms with van der Waals surface area (Å²) in [6.45, 7) is 0.702. The lowest BCUT2D eigenvalue weighted by Gasteiger charge is -2.27.